The minimum atomic E-state index is -0.441. The van der Waals surface area contributed by atoms with Gasteiger partial charge in [-0.05, 0) is 37.3 Å². The molecule has 0 saturated heterocycles. The second-order valence-corrected chi connectivity index (χ2v) is 5.81. The number of hydrogen-bond donors (Lipinski definition) is 1. The Morgan fingerprint density at radius 2 is 2.20 bits per heavy atom. The summed E-state index contributed by atoms with van der Waals surface area (Å²) in [5, 5.41) is 3.27. The van der Waals surface area contributed by atoms with Crippen LogP contribution in [0.15, 0.2) is 47.6 Å². The smallest absolute Gasteiger partial charge is 0.237 e. The average molecular weight is 311 g/mol. The Balaban J connectivity index is 2.01. The molecule has 1 atom stereocenters. The maximum absolute atomic E-state index is 12.9. The van der Waals surface area contributed by atoms with Crippen molar-refractivity contribution in [3.05, 3.63) is 53.4 Å². The predicted octanol–water partition coefficient (Wildman–Crippen LogP) is 3.99. The molecule has 0 aliphatic carbocycles. The topological polar surface area (TPSA) is 42.0 Å². The summed E-state index contributed by atoms with van der Waals surface area (Å²) in [4.78, 5) is 16.2. The van der Waals surface area contributed by atoms with Crippen LogP contribution in [0.25, 0.3) is 0 Å². The summed E-state index contributed by atoms with van der Waals surface area (Å²) in [6.07, 6.45) is 1.67. The van der Waals surface area contributed by atoms with E-state index in [4.69, 9.17) is 11.6 Å². The zero-order valence-corrected chi connectivity index (χ0v) is 12.2. The Kier molecular flexibility index (Phi) is 4.98. The van der Waals surface area contributed by atoms with Gasteiger partial charge in [-0.2, -0.15) is 0 Å². The van der Waals surface area contributed by atoms with E-state index < -0.39 is 5.82 Å². The van der Waals surface area contributed by atoms with Crippen LogP contribution in [-0.4, -0.2) is 16.1 Å². The van der Waals surface area contributed by atoms with E-state index in [-0.39, 0.29) is 16.2 Å². The number of nitrogens with zero attached hydrogens (tertiary/aromatic N) is 1. The van der Waals surface area contributed by atoms with Gasteiger partial charge in [-0.1, -0.05) is 29.4 Å². The highest BCUT2D eigenvalue weighted by Gasteiger charge is 2.16. The van der Waals surface area contributed by atoms with Crippen molar-refractivity contribution in [3.8, 4) is 0 Å². The molecule has 1 N–H and O–H groups in total. The van der Waals surface area contributed by atoms with Crippen molar-refractivity contribution in [1.29, 1.82) is 0 Å². The predicted molar refractivity (Wildman–Crippen MR) is 79.6 cm³/mol. The number of rotatable bonds is 4. The van der Waals surface area contributed by atoms with Gasteiger partial charge in [-0.25, -0.2) is 9.37 Å². The molecule has 0 fully saturated rings. The van der Waals surface area contributed by atoms with Crippen LogP contribution in [0, 0.1) is 5.82 Å². The van der Waals surface area contributed by atoms with Gasteiger partial charge in [0, 0.05) is 6.20 Å². The number of pyridine rings is 1. The molecule has 0 radical (unpaired) electrons. The number of amides is 1. The SMILES string of the molecule is CC(Sc1ccccn1)C(=O)Nc1ccc(F)cc1Cl. The van der Waals surface area contributed by atoms with Crippen molar-refractivity contribution in [1.82, 2.24) is 4.98 Å². The fourth-order valence-electron chi connectivity index (χ4n) is 1.48. The molecular weight excluding hydrogens is 299 g/mol. The number of hydrogen-bond acceptors (Lipinski definition) is 3. The number of carbonyl (C=O) groups is 1. The second-order valence-electron chi connectivity index (χ2n) is 4.04. The Hall–Kier alpha value is -1.59. The summed E-state index contributed by atoms with van der Waals surface area (Å²) in [7, 11) is 0. The molecule has 1 aromatic heterocycles. The highest BCUT2D eigenvalue weighted by molar-refractivity contribution is 8.00. The standard InChI is InChI=1S/C14H12ClFN2OS/c1-9(20-13-4-2-3-7-17-13)14(19)18-12-6-5-10(16)8-11(12)15/h2-9H,1H3,(H,18,19). The van der Waals surface area contributed by atoms with Gasteiger partial charge in [-0.3, -0.25) is 4.79 Å². The maximum Gasteiger partial charge on any atom is 0.237 e. The van der Waals surface area contributed by atoms with Crippen LogP contribution in [0.1, 0.15) is 6.92 Å². The van der Waals surface area contributed by atoms with Crippen LogP contribution in [0.2, 0.25) is 5.02 Å². The molecule has 2 rings (SSSR count). The van der Waals surface area contributed by atoms with Crippen LogP contribution < -0.4 is 5.32 Å². The highest BCUT2D eigenvalue weighted by atomic mass is 35.5. The maximum atomic E-state index is 12.9. The molecule has 3 nitrogen and oxygen atoms in total. The number of benzene rings is 1. The van der Waals surface area contributed by atoms with E-state index in [1.807, 2.05) is 18.2 Å². The summed E-state index contributed by atoms with van der Waals surface area (Å²) in [5.41, 5.74) is 0.395. The van der Waals surface area contributed by atoms with E-state index in [1.165, 1.54) is 23.9 Å². The van der Waals surface area contributed by atoms with Crippen LogP contribution in [-0.2, 0) is 4.79 Å². The average Bonchev–Trinajstić information content (AvgIpc) is 2.43. The van der Waals surface area contributed by atoms with E-state index in [2.05, 4.69) is 10.3 Å². The lowest BCUT2D eigenvalue weighted by molar-refractivity contribution is -0.115. The third-order valence-electron chi connectivity index (χ3n) is 2.49. The lowest BCUT2D eigenvalue weighted by Crippen LogP contribution is -2.22. The number of thioether (sulfide) groups is 1. The van der Waals surface area contributed by atoms with Gasteiger partial charge in [0.05, 0.1) is 21.0 Å². The molecule has 104 valence electrons. The number of halogens is 2. The first kappa shape index (κ1) is 14.8. The van der Waals surface area contributed by atoms with Gasteiger partial charge in [0.2, 0.25) is 5.91 Å². The molecule has 2 aromatic rings. The number of aromatic nitrogens is 1. The fraction of sp³-hybridized carbons (Fsp3) is 0.143. The van der Waals surface area contributed by atoms with Crippen molar-refractivity contribution in [2.24, 2.45) is 0 Å². The van der Waals surface area contributed by atoms with Gasteiger partial charge < -0.3 is 5.32 Å². The Bertz CT molecular complexity index is 609. The zero-order valence-electron chi connectivity index (χ0n) is 10.6. The van der Waals surface area contributed by atoms with Crippen molar-refractivity contribution in [2.75, 3.05) is 5.32 Å². The van der Waals surface area contributed by atoms with E-state index in [0.29, 0.717) is 5.69 Å². The second kappa shape index (κ2) is 6.72. The molecule has 0 aliphatic heterocycles. The highest BCUT2D eigenvalue weighted by Crippen LogP contribution is 2.25. The van der Waals surface area contributed by atoms with Crippen molar-refractivity contribution < 1.29 is 9.18 Å². The van der Waals surface area contributed by atoms with Crippen molar-refractivity contribution >= 4 is 35.0 Å². The Morgan fingerprint density at radius 3 is 2.85 bits per heavy atom. The summed E-state index contributed by atoms with van der Waals surface area (Å²) in [5.74, 6) is -0.655. The van der Waals surface area contributed by atoms with Crippen LogP contribution in [0.3, 0.4) is 0 Å². The monoisotopic (exact) mass is 310 g/mol. The molecule has 1 amide bonds. The van der Waals surface area contributed by atoms with Crippen molar-refractivity contribution in [3.63, 3.8) is 0 Å². The number of carbonyl (C=O) groups excluding carboxylic acids is 1. The normalized spacial score (nSPS) is 11.9. The molecule has 0 saturated carbocycles. The summed E-state index contributed by atoms with van der Waals surface area (Å²) < 4.78 is 12.9. The van der Waals surface area contributed by atoms with Gasteiger partial charge in [0.1, 0.15) is 5.82 Å². The number of nitrogens with one attached hydrogen (secondary N) is 1. The minimum Gasteiger partial charge on any atom is -0.324 e. The molecule has 1 aromatic carbocycles. The van der Waals surface area contributed by atoms with E-state index in [0.717, 1.165) is 11.1 Å². The quantitative estimate of drug-likeness (QED) is 0.868. The van der Waals surface area contributed by atoms with Crippen LogP contribution in [0.4, 0.5) is 10.1 Å². The van der Waals surface area contributed by atoms with Gasteiger partial charge in [0.25, 0.3) is 0 Å². The molecule has 1 unspecified atom stereocenters. The summed E-state index contributed by atoms with van der Waals surface area (Å²) >= 11 is 7.20. The fourth-order valence-corrected chi connectivity index (χ4v) is 2.50. The number of anilines is 1. The van der Waals surface area contributed by atoms with E-state index in [9.17, 15) is 9.18 Å². The Labute approximate surface area is 125 Å². The summed E-state index contributed by atoms with van der Waals surface area (Å²) in [6.45, 7) is 1.77. The first-order valence-electron chi connectivity index (χ1n) is 5.90. The molecule has 0 aliphatic rings. The largest absolute Gasteiger partial charge is 0.324 e. The van der Waals surface area contributed by atoms with E-state index >= 15 is 0 Å². The third kappa shape index (κ3) is 3.95. The zero-order chi connectivity index (χ0) is 14.5. The van der Waals surface area contributed by atoms with Crippen LogP contribution >= 0.6 is 23.4 Å². The van der Waals surface area contributed by atoms with Gasteiger partial charge in [0.15, 0.2) is 0 Å². The third-order valence-corrected chi connectivity index (χ3v) is 3.86. The Morgan fingerprint density at radius 1 is 1.40 bits per heavy atom. The molecule has 0 spiro atoms. The lowest BCUT2D eigenvalue weighted by Gasteiger charge is -2.12. The first-order valence-corrected chi connectivity index (χ1v) is 7.15. The van der Waals surface area contributed by atoms with E-state index in [1.54, 1.807) is 13.1 Å². The molecular formula is C14H12ClFN2OS. The van der Waals surface area contributed by atoms with Crippen LogP contribution in [0.5, 0.6) is 0 Å². The minimum absolute atomic E-state index is 0.174. The first-order chi connectivity index (χ1) is 9.56. The van der Waals surface area contributed by atoms with Gasteiger partial charge >= 0.3 is 0 Å². The molecule has 0 bridgehead atoms. The lowest BCUT2D eigenvalue weighted by atomic mass is 10.3. The van der Waals surface area contributed by atoms with Crippen molar-refractivity contribution in [2.45, 2.75) is 17.2 Å². The molecule has 1 heterocycles. The summed E-state index contributed by atoms with van der Waals surface area (Å²) in [6, 6.07) is 9.35. The molecule has 20 heavy (non-hydrogen) atoms. The molecule has 6 heteroatoms. The van der Waals surface area contributed by atoms with Gasteiger partial charge in [-0.15, -0.1) is 0 Å².